The van der Waals surface area contributed by atoms with Crippen LogP contribution in [0.4, 0.5) is 11.4 Å². The molecule has 1 atom stereocenters. The zero-order valence-electron chi connectivity index (χ0n) is 17.2. The van der Waals surface area contributed by atoms with Gasteiger partial charge in [0.2, 0.25) is 15.9 Å². The molecule has 0 aromatic heterocycles. The minimum absolute atomic E-state index is 0.0568. The second-order valence-electron chi connectivity index (χ2n) is 7.20. The van der Waals surface area contributed by atoms with Crippen molar-refractivity contribution in [3.05, 3.63) is 53.6 Å². The first-order chi connectivity index (χ1) is 13.0. The fourth-order valence-electron chi connectivity index (χ4n) is 2.87. The average Bonchev–Trinajstić information content (AvgIpc) is 2.58. The van der Waals surface area contributed by atoms with Crippen LogP contribution in [0.15, 0.2) is 42.5 Å². The van der Waals surface area contributed by atoms with Gasteiger partial charge in [-0.05, 0) is 76.1 Å². The molecule has 0 aliphatic rings. The van der Waals surface area contributed by atoms with Crippen molar-refractivity contribution in [2.45, 2.75) is 46.8 Å². The van der Waals surface area contributed by atoms with E-state index in [-0.39, 0.29) is 6.10 Å². The second-order valence-corrected chi connectivity index (χ2v) is 9.06. The van der Waals surface area contributed by atoms with E-state index < -0.39 is 22.0 Å². The van der Waals surface area contributed by atoms with E-state index in [0.717, 1.165) is 17.4 Å². The Hall–Kier alpha value is -2.54. The Kier molecular flexibility index (Phi) is 6.72. The molecule has 7 heteroatoms. The minimum Gasteiger partial charge on any atom is -0.491 e. The Morgan fingerprint density at radius 1 is 1.04 bits per heavy atom. The number of hydrogen-bond acceptors (Lipinski definition) is 4. The number of carbonyl (C=O) groups is 1. The summed E-state index contributed by atoms with van der Waals surface area (Å²) in [7, 11) is -3.66. The first kappa shape index (κ1) is 21.8. The average molecular weight is 405 g/mol. The summed E-state index contributed by atoms with van der Waals surface area (Å²) in [6, 6.07) is 11.6. The summed E-state index contributed by atoms with van der Waals surface area (Å²) in [5, 5.41) is 2.78. The molecular weight excluding hydrogens is 376 g/mol. The van der Waals surface area contributed by atoms with E-state index in [1.807, 2.05) is 39.8 Å². The number of benzene rings is 2. The van der Waals surface area contributed by atoms with Gasteiger partial charge in [-0.3, -0.25) is 9.10 Å². The number of amides is 1. The highest BCUT2D eigenvalue weighted by Crippen LogP contribution is 2.27. The highest BCUT2D eigenvalue weighted by atomic mass is 32.2. The van der Waals surface area contributed by atoms with Crippen molar-refractivity contribution < 1.29 is 17.9 Å². The van der Waals surface area contributed by atoms with E-state index in [0.29, 0.717) is 17.1 Å². The Bertz CT molecular complexity index is 937. The van der Waals surface area contributed by atoms with Crippen LogP contribution >= 0.6 is 0 Å². The van der Waals surface area contributed by atoms with Crippen LogP contribution in [0.1, 0.15) is 31.9 Å². The molecule has 0 saturated carbocycles. The predicted octanol–water partition coefficient (Wildman–Crippen LogP) is 3.88. The van der Waals surface area contributed by atoms with Crippen LogP contribution in [-0.2, 0) is 14.8 Å². The van der Waals surface area contributed by atoms with Gasteiger partial charge < -0.3 is 10.1 Å². The van der Waals surface area contributed by atoms with Crippen molar-refractivity contribution in [1.29, 1.82) is 0 Å². The zero-order valence-corrected chi connectivity index (χ0v) is 18.0. The predicted molar refractivity (Wildman–Crippen MR) is 114 cm³/mol. The number of aryl methyl sites for hydroxylation is 2. The molecule has 1 N–H and O–H groups in total. The molecule has 0 saturated heterocycles. The third-order valence-corrected chi connectivity index (χ3v) is 5.41. The van der Waals surface area contributed by atoms with Gasteiger partial charge in [-0.2, -0.15) is 0 Å². The van der Waals surface area contributed by atoms with Crippen LogP contribution in [0.3, 0.4) is 0 Å². The maximum absolute atomic E-state index is 12.8. The van der Waals surface area contributed by atoms with Crippen LogP contribution in [0.2, 0.25) is 0 Å². The van der Waals surface area contributed by atoms with E-state index >= 15 is 0 Å². The lowest BCUT2D eigenvalue weighted by Gasteiger charge is -2.29. The van der Waals surface area contributed by atoms with Gasteiger partial charge >= 0.3 is 0 Å². The molecule has 0 aliphatic carbocycles. The summed E-state index contributed by atoms with van der Waals surface area (Å²) >= 11 is 0. The molecule has 6 nitrogen and oxygen atoms in total. The van der Waals surface area contributed by atoms with Gasteiger partial charge in [-0.15, -0.1) is 0 Å². The van der Waals surface area contributed by atoms with E-state index in [4.69, 9.17) is 4.74 Å². The van der Waals surface area contributed by atoms with Gasteiger partial charge in [0, 0.05) is 5.69 Å². The minimum atomic E-state index is -3.66. The lowest BCUT2D eigenvalue weighted by Crippen LogP contribution is -2.45. The van der Waals surface area contributed by atoms with Crippen LogP contribution < -0.4 is 14.4 Å². The van der Waals surface area contributed by atoms with Gasteiger partial charge in [0.15, 0.2) is 0 Å². The van der Waals surface area contributed by atoms with E-state index in [2.05, 4.69) is 5.32 Å². The lowest BCUT2D eigenvalue weighted by molar-refractivity contribution is -0.116. The zero-order chi connectivity index (χ0) is 21.1. The molecule has 0 radical (unpaired) electrons. The van der Waals surface area contributed by atoms with Gasteiger partial charge in [0.1, 0.15) is 11.8 Å². The van der Waals surface area contributed by atoms with Crippen molar-refractivity contribution in [2.75, 3.05) is 15.9 Å². The fraction of sp³-hybridized carbons (Fsp3) is 0.381. The standard InChI is InChI=1S/C21H28N2O4S/c1-14(2)27-19-11-9-18(10-12-19)22-21(24)17(5)23(28(6,25)26)20-13-15(3)7-8-16(20)4/h7-14,17H,1-6H3,(H,22,24). The summed E-state index contributed by atoms with van der Waals surface area (Å²) in [5.41, 5.74) is 2.78. The number of hydrogen-bond donors (Lipinski definition) is 1. The summed E-state index contributed by atoms with van der Waals surface area (Å²) in [6.45, 7) is 9.16. The summed E-state index contributed by atoms with van der Waals surface area (Å²) in [5.74, 6) is 0.290. The Morgan fingerprint density at radius 3 is 2.18 bits per heavy atom. The molecule has 2 rings (SSSR count). The van der Waals surface area contributed by atoms with Crippen LogP contribution in [0, 0.1) is 13.8 Å². The maximum atomic E-state index is 12.8. The highest BCUT2D eigenvalue weighted by molar-refractivity contribution is 7.92. The van der Waals surface area contributed by atoms with Crippen LogP contribution in [0.25, 0.3) is 0 Å². The van der Waals surface area contributed by atoms with E-state index in [9.17, 15) is 13.2 Å². The highest BCUT2D eigenvalue weighted by Gasteiger charge is 2.30. The molecule has 0 fully saturated rings. The van der Waals surface area contributed by atoms with Gasteiger partial charge in [-0.1, -0.05) is 12.1 Å². The molecule has 1 amide bonds. The van der Waals surface area contributed by atoms with Gasteiger partial charge in [0.25, 0.3) is 0 Å². The van der Waals surface area contributed by atoms with E-state index in [1.165, 1.54) is 4.31 Å². The van der Waals surface area contributed by atoms with Gasteiger partial charge in [0.05, 0.1) is 18.0 Å². The second kappa shape index (κ2) is 8.65. The number of nitrogens with one attached hydrogen (secondary N) is 1. The largest absolute Gasteiger partial charge is 0.491 e. The molecule has 0 aliphatic heterocycles. The monoisotopic (exact) mass is 404 g/mol. The number of rotatable bonds is 7. The molecule has 0 heterocycles. The van der Waals surface area contributed by atoms with Crippen molar-refractivity contribution in [3.8, 4) is 5.75 Å². The Balaban J connectivity index is 2.26. The molecule has 0 bridgehead atoms. The number of carbonyl (C=O) groups excluding carboxylic acids is 1. The molecule has 2 aromatic carbocycles. The van der Waals surface area contributed by atoms with Crippen molar-refractivity contribution >= 4 is 27.3 Å². The molecule has 1 unspecified atom stereocenters. The number of ether oxygens (including phenoxy) is 1. The van der Waals surface area contributed by atoms with Crippen LogP contribution in [-0.4, -0.2) is 32.7 Å². The van der Waals surface area contributed by atoms with Gasteiger partial charge in [-0.25, -0.2) is 8.42 Å². The topological polar surface area (TPSA) is 75.7 Å². The van der Waals surface area contributed by atoms with Crippen molar-refractivity contribution in [1.82, 2.24) is 0 Å². The number of nitrogens with zero attached hydrogens (tertiary/aromatic N) is 1. The summed E-state index contributed by atoms with van der Waals surface area (Å²) in [6.07, 6.45) is 1.16. The smallest absolute Gasteiger partial charge is 0.247 e. The van der Waals surface area contributed by atoms with Crippen LogP contribution in [0.5, 0.6) is 5.75 Å². The van der Waals surface area contributed by atoms with Crippen molar-refractivity contribution in [3.63, 3.8) is 0 Å². The normalized spacial score (nSPS) is 12.5. The molecule has 0 spiro atoms. The molecule has 152 valence electrons. The van der Waals surface area contributed by atoms with E-state index in [1.54, 1.807) is 37.3 Å². The molecule has 28 heavy (non-hydrogen) atoms. The van der Waals surface area contributed by atoms with Crippen molar-refractivity contribution in [2.24, 2.45) is 0 Å². The first-order valence-corrected chi connectivity index (χ1v) is 11.0. The Labute approximate surface area is 167 Å². The molecular formula is C21H28N2O4S. The Morgan fingerprint density at radius 2 is 1.64 bits per heavy atom. The third kappa shape index (κ3) is 5.48. The fourth-order valence-corrected chi connectivity index (χ4v) is 4.10. The summed E-state index contributed by atoms with van der Waals surface area (Å²) < 4.78 is 31.7. The quantitative estimate of drug-likeness (QED) is 0.760. The number of sulfonamides is 1. The molecule has 2 aromatic rings. The lowest BCUT2D eigenvalue weighted by atomic mass is 10.1. The summed E-state index contributed by atoms with van der Waals surface area (Å²) in [4.78, 5) is 12.8. The number of anilines is 2. The maximum Gasteiger partial charge on any atom is 0.247 e. The third-order valence-electron chi connectivity index (χ3n) is 4.18. The SMILES string of the molecule is Cc1ccc(C)c(N(C(C)C(=O)Nc2ccc(OC(C)C)cc2)S(C)(=O)=O)c1. The first-order valence-electron chi connectivity index (χ1n) is 9.13.